The Bertz CT molecular complexity index is 425. The molecule has 0 heterocycles. The molecule has 0 fully saturated rings. The summed E-state index contributed by atoms with van der Waals surface area (Å²) in [5.41, 5.74) is 1.77. The van der Waals surface area contributed by atoms with Crippen LogP contribution < -0.4 is 4.74 Å². The van der Waals surface area contributed by atoms with Gasteiger partial charge in [-0.2, -0.15) is 0 Å². The molecule has 0 spiro atoms. The molecular weight excluding hydrogens is 242 g/mol. The quantitative estimate of drug-likeness (QED) is 0.858. The summed E-state index contributed by atoms with van der Waals surface area (Å²) in [4.78, 5) is 13.6. The van der Waals surface area contributed by atoms with Crippen LogP contribution in [0.3, 0.4) is 0 Å². The highest BCUT2D eigenvalue weighted by Gasteiger charge is 2.13. The van der Waals surface area contributed by atoms with Gasteiger partial charge in [-0.25, -0.2) is 0 Å². The summed E-state index contributed by atoms with van der Waals surface area (Å²) in [6, 6.07) is 5.58. The second-order valence-electron chi connectivity index (χ2n) is 4.57. The topological polar surface area (TPSA) is 49.8 Å². The molecule has 1 atom stereocenters. The van der Waals surface area contributed by atoms with Crippen LogP contribution in [0.5, 0.6) is 5.75 Å². The first-order chi connectivity index (χ1) is 8.99. The maximum atomic E-state index is 11.9. The molecule has 0 unspecified atom stereocenters. The lowest BCUT2D eigenvalue weighted by molar-refractivity contribution is -0.133. The Morgan fingerprint density at radius 3 is 2.53 bits per heavy atom. The number of carbonyl (C=O) groups is 1. The van der Waals surface area contributed by atoms with E-state index in [1.54, 1.807) is 17.9 Å². The Morgan fingerprint density at radius 2 is 2.00 bits per heavy atom. The highest BCUT2D eigenvalue weighted by molar-refractivity contribution is 5.77. The molecule has 1 aromatic rings. The molecule has 4 heteroatoms. The standard InChI is InChI=1S/C15H23NO3/c1-5-16(6-2)15(18)10-19-14-8-7-11(3)9-13(14)12(4)17/h7-9,12,17H,5-6,10H2,1-4H3/t12-/m0/s1. The van der Waals surface area contributed by atoms with Gasteiger partial charge in [-0.3, -0.25) is 4.79 Å². The van der Waals surface area contributed by atoms with Crippen LogP contribution >= 0.6 is 0 Å². The molecule has 1 rings (SSSR count). The first kappa shape index (κ1) is 15.5. The van der Waals surface area contributed by atoms with Crippen LogP contribution in [-0.4, -0.2) is 35.6 Å². The van der Waals surface area contributed by atoms with Crippen molar-refractivity contribution in [3.63, 3.8) is 0 Å². The average molecular weight is 265 g/mol. The van der Waals surface area contributed by atoms with E-state index < -0.39 is 6.10 Å². The number of hydrogen-bond acceptors (Lipinski definition) is 3. The van der Waals surface area contributed by atoms with Gasteiger partial charge in [0.05, 0.1) is 6.10 Å². The number of amides is 1. The molecule has 0 radical (unpaired) electrons. The first-order valence-corrected chi connectivity index (χ1v) is 6.68. The summed E-state index contributed by atoms with van der Waals surface area (Å²) in [6.07, 6.45) is -0.613. The summed E-state index contributed by atoms with van der Waals surface area (Å²) < 4.78 is 5.55. The SMILES string of the molecule is CCN(CC)C(=O)COc1ccc(C)cc1[C@H](C)O. The smallest absolute Gasteiger partial charge is 0.260 e. The molecule has 0 aromatic heterocycles. The number of carbonyl (C=O) groups excluding carboxylic acids is 1. The molecule has 106 valence electrons. The summed E-state index contributed by atoms with van der Waals surface area (Å²) in [7, 11) is 0. The van der Waals surface area contributed by atoms with Gasteiger partial charge in [0, 0.05) is 18.7 Å². The third kappa shape index (κ3) is 4.24. The summed E-state index contributed by atoms with van der Waals surface area (Å²) >= 11 is 0. The number of benzene rings is 1. The summed E-state index contributed by atoms with van der Waals surface area (Å²) in [6.45, 7) is 8.88. The minimum Gasteiger partial charge on any atom is -0.483 e. The zero-order valence-corrected chi connectivity index (χ0v) is 12.1. The fourth-order valence-corrected chi connectivity index (χ4v) is 1.93. The van der Waals surface area contributed by atoms with Gasteiger partial charge in [0.15, 0.2) is 6.61 Å². The van der Waals surface area contributed by atoms with Gasteiger partial charge in [-0.1, -0.05) is 11.6 Å². The van der Waals surface area contributed by atoms with Crippen molar-refractivity contribution in [1.82, 2.24) is 4.90 Å². The fraction of sp³-hybridized carbons (Fsp3) is 0.533. The van der Waals surface area contributed by atoms with Crippen LogP contribution in [0.25, 0.3) is 0 Å². The number of aliphatic hydroxyl groups is 1. The first-order valence-electron chi connectivity index (χ1n) is 6.68. The van der Waals surface area contributed by atoms with Gasteiger partial charge >= 0.3 is 0 Å². The zero-order chi connectivity index (χ0) is 14.4. The maximum absolute atomic E-state index is 11.9. The van der Waals surface area contributed by atoms with Crippen molar-refractivity contribution in [2.75, 3.05) is 19.7 Å². The van der Waals surface area contributed by atoms with E-state index in [4.69, 9.17) is 4.74 Å². The molecule has 1 aromatic carbocycles. The van der Waals surface area contributed by atoms with Crippen molar-refractivity contribution >= 4 is 5.91 Å². The molecule has 1 amide bonds. The van der Waals surface area contributed by atoms with E-state index in [0.717, 1.165) is 5.56 Å². The van der Waals surface area contributed by atoms with Gasteiger partial charge in [0.2, 0.25) is 0 Å². The van der Waals surface area contributed by atoms with Crippen LogP contribution in [0.15, 0.2) is 18.2 Å². The van der Waals surface area contributed by atoms with Crippen molar-refractivity contribution in [3.05, 3.63) is 29.3 Å². The van der Waals surface area contributed by atoms with Crippen molar-refractivity contribution in [3.8, 4) is 5.75 Å². The third-order valence-corrected chi connectivity index (χ3v) is 3.08. The highest BCUT2D eigenvalue weighted by atomic mass is 16.5. The normalized spacial score (nSPS) is 12.1. The molecular formula is C15H23NO3. The number of rotatable bonds is 6. The van der Waals surface area contributed by atoms with E-state index in [-0.39, 0.29) is 12.5 Å². The van der Waals surface area contributed by atoms with Crippen LogP contribution in [-0.2, 0) is 4.79 Å². The minimum atomic E-state index is -0.613. The van der Waals surface area contributed by atoms with Gasteiger partial charge in [0.25, 0.3) is 5.91 Å². The number of aryl methyl sites for hydroxylation is 1. The molecule has 19 heavy (non-hydrogen) atoms. The predicted molar refractivity (Wildman–Crippen MR) is 75.2 cm³/mol. The van der Waals surface area contributed by atoms with Crippen LogP contribution in [0.2, 0.25) is 0 Å². The summed E-state index contributed by atoms with van der Waals surface area (Å²) in [5, 5.41) is 9.72. The van der Waals surface area contributed by atoms with E-state index in [2.05, 4.69) is 0 Å². The Balaban J connectivity index is 2.75. The maximum Gasteiger partial charge on any atom is 0.260 e. The Hall–Kier alpha value is -1.55. The molecule has 0 saturated heterocycles. The second-order valence-corrected chi connectivity index (χ2v) is 4.57. The molecule has 0 aliphatic carbocycles. The number of likely N-dealkylation sites (N-methyl/N-ethyl adjacent to an activating group) is 1. The van der Waals surface area contributed by atoms with Gasteiger partial charge in [0.1, 0.15) is 5.75 Å². The molecule has 0 bridgehead atoms. The highest BCUT2D eigenvalue weighted by Crippen LogP contribution is 2.26. The van der Waals surface area contributed by atoms with E-state index in [0.29, 0.717) is 24.4 Å². The Morgan fingerprint density at radius 1 is 1.37 bits per heavy atom. The largest absolute Gasteiger partial charge is 0.483 e. The van der Waals surface area contributed by atoms with Crippen LogP contribution in [0, 0.1) is 6.92 Å². The molecule has 0 aliphatic heterocycles. The lowest BCUT2D eigenvalue weighted by Gasteiger charge is -2.20. The van der Waals surface area contributed by atoms with Crippen molar-refractivity contribution in [2.24, 2.45) is 0 Å². The van der Waals surface area contributed by atoms with Crippen molar-refractivity contribution in [1.29, 1.82) is 0 Å². The van der Waals surface area contributed by atoms with Gasteiger partial charge < -0.3 is 14.7 Å². The fourth-order valence-electron chi connectivity index (χ4n) is 1.93. The van der Waals surface area contributed by atoms with Crippen LogP contribution in [0.1, 0.15) is 38.0 Å². The molecule has 1 N–H and O–H groups in total. The Labute approximate surface area is 115 Å². The predicted octanol–water partition coefficient (Wildman–Crippen LogP) is 2.30. The number of aliphatic hydroxyl groups excluding tert-OH is 1. The van der Waals surface area contributed by atoms with Crippen molar-refractivity contribution in [2.45, 2.75) is 33.8 Å². The molecule has 0 saturated carbocycles. The van der Waals surface area contributed by atoms with Gasteiger partial charge in [-0.05, 0) is 39.8 Å². The lowest BCUT2D eigenvalue weighted by atomic mass is 10.1. The van der Waals surface area contributed by atoms with Gasteiger partial charge in [-0.15, -0.1) is 0 Å². The van der Waals surface area contributed by atoms with E-state index in [1.165, 1.54) is 0 Å². The number of nitrogens with zero attached hydrogens (tertiary/aromatic N) is 1. The van der Waals surface area contributed by atoms with E-state index in [1.807, 2.05) is 32.9 Å². The van der Waals surface area contributed by atoms with Crippen LogP contribution in [0.4, 0.5) is 0 Å². The third-order valence-electron chi connectivity index (χ3n) is 3.08. The number of hydrogen-bond donors (Lipinski definition) is 1. The van der Waals surface area contributed by atoms with Crippen molar-refractivity contribution < 1.29 is 14.6 Å². The summed E-state index contributed by atoms with van der Waals surface area (Å²) in [5.74, 6) is 0.531. The van der Waals surface area contributed by atoms with E-state index >= 15 is 0 Å². The second kappa shape index (κ2) is 7.14. The monoisotopic (exact) mass is 265 g/mol. The lowest BCUT2D eigenvalue weighted by Crippen LogP contribution is -2.34. The average Bonchev–Trinajstić information content (AvgIpc) is 2.38. The van der Waals surface area contributed by atoms with E-state index in [9.17, 15) is 9.90 Å². The molecule has 4 nitrogen and oxygen atoms in total. The minimum absolute atomic E-state index is 0.00443. The zero-order valence-electron chi connectivity index (χ0n) is 12.1. The Kier molecular flexibility index (Phi) is 5.83. The molecule has 0 aliphatic rings. The number of ether oxygens (including phenoxy) is 1.